The summed E-state index contributed by atoms with van der Waals surface area (Å²) in [7, 11) is 0. The molecule has 50 heavy (non-hydrogen) atoms. The molecule has 3 saturated carbocycles. The summed E-state index contributed by atoms with van der Waals surface area (Å²) in [5.74, 6) is -0.921. The number of nitrogens with zero attached hydrogens (tertiary/aromatic N) is 3. The molecule has 2 aromatic rings. The van der Waals surface area contributed by atoms with Crippen molar-refractivity contribution in [2.75, 3.05) is 19.8 Å². The SMILES string of the molecule is Clc1ncc(CBr)cc1I.NC1CC1.O=C1C=C(N(Cc2cnc(Cl)c(I)c2)C2CC2)CO1.O=C1C=C(NC2CC2)CO1.O=C1C=C(O)CO1. The van der Waals surface area contributed by atoms with E-state index in [4.69, 9.17) is 43.5 Å². The van der Waals surface area contributed by atoms with E-state index in [1.807, 2.05) is 12.1 Å². The second-order valence-electron chi connectivity index (χ2n) is 11.7. The Kier molecular flexibility index (Phi) is 16.4. The molecule has 0 amide bonds. The van der Waals surface area contributed by atoms with Gasteiger partial charge >= 0.3 is 17.9 Å². The second kappa shape index (κ2) is 20.2. The number of pyridine rings is 2. The van der Waals surface area contributed by atoms with Gasteiger partial charge in [0.15, 0.2) is 0 Å². The monoisotopic (exact) mass is 1020 g/mol. The number of rotatable bonds is 7. The van der Waals surface area contributed by atoms with E-state index in [1.54, 1.807) is 18.5 Å². The number of aliphatic hydroxyl groups is 1. The molecule has 6 aliphatic rings. The van der Waals surface area contributed by atoms with Crippen LogP contribution in [0.2, 0.25) is 10.3 Å². The van der Waals surface area contributed by atoms with Crippen molar-refractivity contribution in [2.45, 2.75) is 68.5 Å². The normalized spacial score (nSPS) is 18.4. The number of cyclic esters (lactones) is 3. The molecule has 0 saturated heterocycles. The van der Waals surface area contributed by atoms with Crippen LogP contribution in [0, 0.1) is 7.14 Å². The third-order valence-electron chi connectivity index (χ3n) is 7.11. The van der Waals surface area contributed by atoms with Crippen LogP contribution in [0.5, 0.6) is 0 Å². The average Bonchev–Trinajstić information content (AvgIpc) is 4.04. The summed E-state index contributed by atoms with van der Waals surface area (Å²) in [6, 6.07) is 5.75. The van der Waals surface area contributed by atoms with E-state index in [1.165, 1.54) is 44.6 Å². The van der Waals surface area contributed by atoms with E-state index in [9.17, 15) is 14.4 Å². The molecular formula is C33H36BrCl2I2N5O7. The first-order chi connectivity index (χ1) is 23.9. The number of aliphatic hydroxyl groups excluding tert-OH is 1. The van der Waals surface area contributed by atoms with Gasteiger partial charge in [0.05, 0.1) is 24.6 Å². The maximum Gasteiger partial charge on any atom is 0.334 e. The van der Waals surface area contributed by atoms with E-state index < -0.39 is 5.97 Å². The molecule has 5 heterocycles. The van der Waals surface area contributed by atoms with Gasteiger partial charge in [-0.1, -0.05) is 39.1 Å². The molecule has 0 aromatic carbocycles. The fourth-order valence-electron chi connectivity index (χ4n) is 4.07. The Hall–Kier alpha value is -2.19. The summed E-state index contributed by atoms with van der Waals surface area (Å²) < 4.78 is 15.9. The molecule has 17 heteroatoms. The quantitative estimate of drug-likeness (QED) is 0.0941. The Labute approximate surface area is 336 Å². The van der Waals surface area contributed by atoms with Crippen LogP contribution in [0.3, 0.4) is 0 Å². The number of halogens is 5. The summed E-state index contributed by atoms with van der Waals surface area (Å²) in [5.41, 5.74) is 9.37. The minimum Gasteiger partial charge on any atom is -0.508 e. The van der Waals surface area contributed by atoms with Crippen molar-refractivity contribution in [3.63, 3.8) is 0 Å². The highest BCUT2D eigenvalue weighted by atomic mass is 127. The fourth-order valence-corrected chi connectivity index (χ4v) is 5.66. The minimum atomic E-state index is -0.461. The van der Waals surface area contributed by atoms with Crippen LogP contribution in [0.15, 0.2) is 59.9 Å². The first kappa shape index (κ1) is 40.6. The largest absolute Gasteiger partial charge is 0.508 e. The summed E-state index contributed by atoms with van der Waals surface area (Å²) in [6.45, 7) is 1.61. The summed E-state index contributed by atoms with van der Waals surface area (Å²) in [5, 5.41) is 13.5. The first-order valence-electron chi connectivity index (χ1n) is 15.7. The molecule has 270 valence electrons. The molecule has 3 fully saturated rings. The Morgan fingerprint density at radius 2 is 1.38 bits per heavy atom. The number of carbonyl (C=O) groups excluding carboxylic acids is 3. The average molecular weight is 1020 g/mol. The lowest BCUT2D eigenvalue weighted by Crippen LogP contribution is -2.25. The van der Waals surface area contributed by atoms with Crippen molar-refractivity contribution in [1.29, 1.82) is 0 Å². The Morgan fingerprint density at radius 1 is 0.840 bits per heavy atom. The van der Waals surface area contributed by atoms with Gasteiger partial charge in [0, 0.05) is 54.5 Å². The number of hydrogen-bond acceptors (Lipinski definition) is 12. The molecule has 3 aliphatic heterocycles. The van der Waals surface area contributed by atoms with Crippen LogP contribution >= 0.6 is 84.3 Å². The topological polar surface area (TPSA) is 166 Å². The highest BCUT2D eigenvalue weighted by Crippen LogP contribution is 2.33. The molecule has 0 bridgehead atoms. The van der Waals surface area contributed by atoms with Gasteiger partial charge in [0.1, 0.15) is 35.9 Å². The highest BCUT2D eigenvalue weighted by Gasteiger charge is 2.33. The van der Waals surface area contributed by atoms with E-state index >= 15 is 0 Å². The van der Waals surface area contributed by atoms with Crippen molar-refractivity contribution in [3.8, 4) is 0 Å². The fraction of sp³-hybridized carbons (Fsp3) is 0.424. The predicted molar refractivity (Wildman–Crippen MR) is 208 cm³/mol. The van der Waals surface area contributed by atoms with E-state index in [0.29, 0.717) is 41.6 Å². The standard InChI is InChI=1S/C13H12ClIN2O2.C7H9NO2.C6H4BrClIN.C4H4O3.C3H7N/c14-13-11(15)3-8(5-16-13)6-17(9-1-2-9)10-4-12(18)19-7-10;9-7-3-6(4-10-7)8-5-1-2-5;7-2-4-1-5(9)6(8)10-3-4;5-3-1-4(6)7-2-3;4-3-1-2-3/h3-5,9H,1-2,6-7H2;3,5,8H,1-2,4H2;1,3H,2H2;1,5H,2H2;3H,1-2,4H2. The molecule has 2 aromatic heterocycles. The van der Waals surface area contributed by atoms with Crippen LogP contribution in [-0.2, 0) is 40.5 Å². The number of carbonyl (C=O) groups is 3. The van der Waals surface area contributed by atoms with Gasteiger partial charge in [-0.25, -0.2) is 24.4 Å². The summed E-state index contributed by atoms with van der Waals surface area (Å²) in [6.07, 6.45) is 15.0. The molecule has 8 rings (SSSR count). The van der Waals surface area contributed by atoms with Crippen LogP contribution in [0.25, 0.3) is 0 Å². The molecule has 0 atom stereocenters. The summed E-state index contributed by atoms with van der Waals surface area (Å²) in [4.78, 5) is 42.1. The number of aromatic nitrogens is 2. The maximum absolute atomic E-state index is 11.2. The van der Waals surface area contributed by atoms with Gasteiger partial charge in [0.25, 0.3) is 0 Å². The zero-order valence-corrected chi connectivity index (χ0v) is 34.2. The molecule has 0 radical (unpaired) electrons. The number of esters is 3. The smallest absolute Gasteiger partial charge is 0.334 e. The molecule has 3 aliphatic carbocycles. The minimum absolute atomic E-state index is 0.00463. The van der Waals surface area contributed by atoms with Crippen molar-refractivity contribution in [1.82, 2.24) is 20.2 Å². The zero-order valence-electron chi connectivity index (χ0n) is 26.8. The number of hydrogen-bond donors (Lipinski definition) is 3. The van der Waals surface area contributed by atoms with Gasteiger partial charge in [-0.3, -0.25) is 0 Å². The number of ether oxygens (including phenoxy) is 3. The Balaban J connectivity index is 0.000000154. The maximum atomic E-state index is 11.2. The van der Waals surface area contributed by atoms with Gasteiger partial charge in [-0.15, -0.1) is 0 Å². The van der Waals surface area contributed by atoms with Crippen molar-refractivity contribution < 1.29 is 33.7 Å². The van der Waals surface area contributed by atoms with Gasteiger partial charge in [-0.2, -0.15) is 0 Å². The first-order valence-corrected chi connectivity index (χ1v) is 19.7. The number of alkyl halides is 1. The van der Waals surface area contributed by atoms with Crippen molar-refractivity contribution >= 4 is 102 Å². The van der Waals surface area contributed by atoms with E-state index in [0.717, 1.165) is 47.6 Å². The van der Waals surface area contributed by atoms with E-state index in [-0.39, 0.29) is 24.3 Å². The van der Waals surface area contributed by atoms with E-state index in [2.05, 4.69) is 86.0 Å². The predicted octanol–water partition coefficient (Wildman–Crippen LogP) is 6.25. The molecule has 4 N–H and O–H groups in total. The number of nitrogens with one attached hydrogen (secondary N) is 1. The Bertz CT molecular complexity index is 1640. The molecular weight excluding hydrogens is 983 g/mol. The third-order valence-corrected chi connectivity index (χ3v) is 10.6. The van der Waals surface area contributed by atoms with Gasteiger partial charge in [-0.05, 0) is 107 Å². The molecule has 0 unspecified atom stereocenters. The van der Waals surface area contributed by atoms with Crippen molar-refractivity contribution in [2.24, 2.45) is 5.73 Å². The van der Waals surface area contributed by atoms with Gasteiger partial charge in [0.2, 0.25) is 0 Å². The van der Waals surface area contributed by atoms with Crippen LogP contribution in [0.1, 0.15) is 49.7 Å². The lowest BCUT2D eigenvalue weighted by atomic mass is 10.2. The third kappa shape index (κ3) is 15.2. The lowest BCUT2D eigenvalue weighted by molar-refractivity contribution is -0.136. The van der Waals surface area contributed by atoms with Crippen LogP contribution in [0.4, 0.5) is 0 Å². The Morgan fingerprint density at radius 3 is 1.78 bits per heavy atom. The van der Waals surface area contributed by atoms with Crippen LogP contribution in [-0.4, -0.2) is 75.8 Å². The van der Waals surface area contributed by atoms with Crippen molar-refractivity contribution in [3.05, 3.63) is 88.5 Å². The lowest BCUT2D eigenvalue weighted by Gasteiger charge is -2.24. The van der Waals surface area contributed by atoms with Crippen LogP contribution < -0.4 is 11.1 Å². The number of nitrogens with two attached hydrogens (primary N) is 1. The second-order valence-corrected chi connectivity index (χ2v) is 15.3. The molecule has 0 spiro atoms. The molecule has 12 nitrogen and oxygen atoms in total. The van der Waals surface area contributed by atoms with Gasteiger partial charge < -0.3 is 35.3 Å². The summed E-state index contributed by atoms with van der Waals surface area (Å²) >= 11 is 19.3. The zero-order chi connectivity index (χ0) is 36.2. The highest BCUT2D eigenvalue weighted by molar-refractivity contribution is 14.1.